The molecule has 0 spiro atoms. The quantitative estimate of drug-likeness (QED) is 0.651. The van der Waals surface area contributed by atoms with Crippen LogP contribution in [0.15, 0.2) is 11.7 Å². The Morgan fingerprint density at radius 3 is 3.07 bits per heavy atom. The molecule has 72 valence electrons. The lowest BCUT2D eigenvalue weighted by Crippen LogP contribution is -2.13. The van der Waals surface area contributed by atoms with Gasteiger partial charge in [-0.15, -0.1) is 10.2 Å². The maximum atomic E-state index is 11.5. The van der Waals surface area contributed by atoms with Crippen molar-refractivity contribution >= 4 is 28.1 Å². The second-order valence-electron chi connectivity index (χ2n) is 2.40. The summed E-state index contributed by atoms with van der Waals surface area (Å²) in [7, 11) is 0. The number of nitrogens with one attached hydrogen (secondary N) is 2. The van der Waals surface area contributed by atoms with Gasteiger partial charge in [-0.25, -0.2) is 0 Å². The lowest BCUT2D eigenvalue weighted by molar-refractivity contribution is 0.102. The molecule has 8 heteroatoms. The number of anilines is 2. The second kappa shape index (κ2) is 3.42. The summed E-state index contributed by atoms with van der Waals surface area (Å²) in [5.41, 5.74) is 7.52. The molecule has 0 aliphatic heterocycles. The molecule has 0 saturated heterocycles. The van der Waals surface area contributed by atoms with Gasteiger partial charge in [-0.1, -0.05) is 11.3 Å². The summed E-state index contributed by atoms with van der Waals surface area (Å²) in [6.07, 6.45) is 1.37. The third-order valence-electron chi connectivity index (χ3n) is 1.48. The summed E-state index contributed by atoms with van der Waals surface area (Å²) in [6.45, 7) is 0. The summed E-state index contributed by atoms with van der Waals surface area (Å²) in [5, 5.41) is 16.3. The van der Waals surface area contributed by atoms with Crippen molar-refractivity contribution in [2.24, 2.45) is 0 Å². The number of rotatable bonds is 2. The first-order valence-electron chi connectivity index (χ1n) is 3.63. The molecule has 0 atom stereocenters. The van der Waals surface area contributed by atoms with Crippen LogP contribution in [0.3, 0.4) is 0 Å². The number of nitrogens with zero attached hydrogens (tertiary/aromatic N) is 3. The topological polar surface area (TPSA) is 110 Å². The number of hydrogen-bond acceptors (Lipinski definition) is 6. The molecule has 0 saturated carbocycles. The number of nitrogens with two attached hydrogens (primary N) is 1. The molecule has 4 N–H and O–H groups in total. The van der Waals surface area contributed by atoms with Crippen LogP contribution in [0, 0.1) is 0 Å². The molecular weight excluding hydrogens is 204 g/mol. The van der Waals surface area contributed by atoms with Gasteiger partial charge in [0.05, 0.1) is 11.9 Å². The Hall–Kier alpha value is -1.96. The molecule has 0 fully saturated rings. The van der Waals surface area contributed by atoms with Crippen molar-refractivity contribution in [3.63, 3.8) is 0 Å². The van der Waals surface area contributed by atoms with Crippen LogP contribution in [0.2, 0.25) is 0 Å². The van der Waals surface area contributed by atoms with Crippen LogP contribution in [0.1, 0.15) is 10.5 Å². The van der Waals surface area contributed by atoms with Gasteiger partial charge >= 0.3 is 0 Å². The molecule has 1 amide bonds. The minimum absolute atomic E-state index is 0.222. The molecular formula is C6H6N6OS. The lowest BCUT2D eigenvalue weighted by atomic mass is 10.3. The van der Waals surface area contributed by atoms with E-state index in [1.165, 1.54) is 23.0 Å². The Morgan fingerprint density at radius 1 is 1.64 bits per heavy atom. The molecule has 2 heterocycles. The van der Waals surface area contributed by atoms with E-state index in [1.54, 1.807) is 0 Å². The first kappa shape index (κ1) is 8.63. The SMILES string of the molecule is Nc1cn[nH]c1C(=O)Nc1nncs1. The van der Waals surface area contributed by atoms with E-state index in [4.69, 9.17) is 5.73 Å². The Bertz CT molecular complexity index is 435. The van der Waals surface area contributed by atoms with Gasteiger partial charge in [0, 0.05) is 0 Å². The van der Waals surface area contributed by atoms with Gasteiger partial charge in [-0.05, 0) is 0 Å². The van der Waals surface area contributed by atoms with Crippen LogP contribution in [0.4, 0.5) is 10.8 Å². The highest BCUT2D eigenvalue weighted by molar-refractivity contribution is 7.13. The fraction of sp³-hybridized carbons (Fsp3) is 0. The van der Waals surface area contributed by atoms with Crippen molar-refractivity contribution in [2.45, 2.75) is 0 Å². The van der Waals surface area contributed by atoms with Crippen LogP contribution in [-0.4, -0.2) is 26.3 Å². The predicted octanol–water partition coefficient (Wildman–Crippen LogP) is 0.0957. The molecule has 2 rings (SSSR count). The van der Waals surface area contributed by atoms with Gasteiger partial charge in [0.15, 0.2) is 0 Å². The molecule has 0 aromatic carbocycles. The van der Waals surface area contributed by atoms with Crippen LogP contribution < -0.4 is 11.1 Å². The Labute approximate surface area is 82.4 Å². The molecule has 2 aromatic rings. The number of amides is 1. The summed E-state index contributed by atoms with van der Waals surface area (Å²) in [6, 6.07) is 0. The van der Waals surface area contributed by atoms with Gasteiger partial charge < -0.3 is 5.73 Å². The van der Waals surface area contributed by atoms with Crippen molar-refractivity contribution < 1.29 is 4.79 Å². The number of H-pyrrole nitrogens is 1. The van der Waals surface area contributed by atoms with Crippen molar-refractivity contribution in [1.29, 1.82) is 0 Å². The number of carbonyl (C=O) groups is 1. The van der Waals surface area contributed by atoms with Gasteiger partial charge in [0.25, 0.3) is 5.91 Å². The summed E-state index contributed by atoms with van der Waals surface area (Å²) >= 11 is 1.23. The smallest absolute Gasteiger partial charge is 0.277 e. The normalized spacial score (nSPS) is 10.0. The fourth-order valence-corrected chi connectivity index (χ4v) is 1.30. The van der Waals surface area contributed by atoms with Gasteiger partial charge in [-0.2, -0.15) is 5.10 Å². The minimum atomic E-state index is -0.378. The van der Waals surface area contributed by atoms with Crippen molar-refractivity contribution in [2.75, 3.05) is 11.1 Å². The summed E-state index contributed by atoms with van der Waals surface area (Å²) < 4.78 is 0. The van der Waals surface area contributed by atoms with Crippen LogP contribution in [-0.2, 0) is 0 Å². The number of aromatic amines is 1. The predicted molar refractivity (Wildman–Crippen MR) is 50.9 cm³/mol. The molecule has 14 heavy (non-hydrogen) atoms. The van der Waals surface area contributed by atoms with Gasteiger partial charge in [0.2, 0.25) is 5.13 Å². The van der Waals surface area contributed by atoms with E-state index < -0.39 is 0 Å². The van der Waals surface area contributed by atoms with Crippen molar-refractivity contribution in [1.82, 2.24) is 20.4 Å². The minimum Gasteiger partial charge on any atom is -0.396 e. The maximum Gasteiger partial charge on any atom is 0.277 e. The van der Waals surface area contributed by atoms with Gasteiger partial charge in [0.1, 0.15) is 11.2 Å². The highest BCUT2D eigenvalue weighted by Gasteiger charge is 2.12. The molecule has 0 aliphatic rings. The third kappa shape index (κ3) is 1.55. The Morgan fingerprint density at radius 2 is 2.50 bits per heavy atom. The van der Waals surface area contributed by atoms with Crippen molar-refractivity contribution in [3.8, 4) is 0 Å². The summed E-state index contributed by atoms with van der Waals surface area (Å²) in [5.74, 6) is -0.378. The lowest BCUT2D eigenvalue weighted by Gasteiger charge is -1.97. The average molecular weight is 210 g/mol. The zero-order valence-corrected chi connectivity index (χ0v) is 7.71. The van der Waals surface area contributed by atoms with Crippen LogP contribution in [0.25, 0.3) is 0 Å². The highest BCUT2D eigenvalue weighted by Crippen LogP contribution is 2.12. The van der Waals surface area contributed by atoms with Crippen LogP contribution >= 0.6 is 11.3 Å². The van der Waals surface area contributed by atoms with E-state index in [1.807, 2.05) is 0 Å². The Balaban J connectivity index is 2.14. The first-order valence-corrected chi connectivity index (χ1v) is 4.51. The third-order valence-corrected chi connectivity index (χ3v) is 2.08. The number of nitrogen functional groups attached to an aromatic ring is 1. The highest BCUT2D eigenvalue weighted by atomic mass is 32.1. The van der Waals surface area contributed by atoms with E-state index in [0.29, 0.717) is 10.8 Å². The molecule has 0 bridgehead atoms. The number of hydrogen-bond donors (Lipinski definition) is 3. The van der Waals surface area contributed by atoms with Crippen LogP contribution in [0.5, 0.6) is 0 Å². The van der Waals surface area contributed by atoms with Gasteiger partial charge in [-0.3, -0.25) is 15.2 Å². The monoisotopic (exact) mass is 210 g/mol. The Kier molecular flexibility index (Phi) is 2.11. The largest absolute Gasteiger partial charge is 0.396 e. The first-order chi connectivity index (χ1) is 6.77. The standard InChI is InChI=1S/C6H6N6OS/c7-3-1-8-11-4(3)5(13)10-6-12-9-2-14-6/h1-2H,7H2,(H,8,11)(H,10,12,13). The number of aromatic nitrogens is 4. The van der Waals surface area contributed by atoms with E-state index in [9.17, 15) is 4.79 Å². The molecule has 0 unspecified atom stereocenters. The second-order valence-corrected chi connectivity index (χ2v) is 3.23. The number of carbonyl (C=O) groups excluding carboxylic acids is 1. The zero-order valence-electron chi connectivity index (χ0n) is 6.89. The fourth-order valence-electron chi connectivity index (χ4n) is 0.864. The van der Waals surface area contributed by atoms with E-state index >= 15 is 0 Å². The maximum absolute atomic E-state index is 11.5. The zero-order chi connectivity index (χ0) is 9.97. The van der Waals surface area contributed by atoms with E-state index in [0.717, 1.165) is 0 Å². The van der Waals surface area contributed by atoms with E-state index in [2.05, 4.69) is 25.7 Å². The molecule has 7 nitrogen and oxygen atoms in total. The summed E-state index contributed by atoms with van der Waals surface area (Å²) in [4.78, 5) is 11.5. The van der Waals surface area contributed by atoms with Crippen molar-refractivity contribution in [3.05, 3.63) is 17.4 Å². The molecule has 0 radical (unpaired) electrons. The van der Waals surface area contributed by atoms with E-state index in [-0.39, 0.29) is 11.6 Å². The molecule has 0 aliphatic carbocycles. The average Bonchev–Trinajstić information content (AvgIpc) is 2.75. The molecule has 2 aromatic heterocycles.